The Morgan fingerprint density at radius 1 is 0.919 bits per heavy atom. The number of aliphatic hydroxyl groups is 1. The number of rotatable bonds is 8. The van der Waals surface area contributed by atoms with Crippen molar-refractivity contribution in [2.75, 3.05) is 0 Å². The van der Waals surface area contributed by atoms with Crippen LogP contribution in [0.25, 0.3) is 0 Å². The second kappa shape index (κ2) is 11.5. The number of amides is 1. The molecule has 0 fully saturated rings. The summed E-state index contributed by atoms with van der Waals surface area (Å²) in [6.07, 6.45) is 2.29. The predicted molar refractivity (Wildman–Crippen MR) is 150 cm³/mol. The van der Waals surface area contributed by atoms with E-state index in [0.717, 1.165) is 35.1 Å². The van der Waals surface area contributed by atoms with Gasteiger partial charge in [-0.25, -0.2) is 0 Å². The summed E-state index contributed by atoms with van der Waals surface area (Å²) in [6.45, 7) is 17.7. The number of nitrogens with one attached hydrogen (secondary N) is 1. The smallest absolute Gasteiger partial charge is 0.325 e. The topological polar surface area (TPSA) is 86.6 Å². The molecule has 5 nitrogen and oxygen atoms in total. The Hall–Kier alpha value is -3.10. The highest BCUT2D eigenvalue weighted by Gasteiger charge is 2.37. The minimum atomic E-state index is -1.07. The SMILES string of the molecule is CCC(CC)(c1ccc(C#CC(O)(CC)C(C)(C)C)c(C)c1)c1ccc(C(=O)NC(C)C(=O)O)c(C)c1. The number of carboxylic acid groups (broad SMARTS) is 1. The molecule has 37 heavy (non-hydrogen) atoms. The average Bonchev–Trinajstić information content (AvgIpc) is 2.83. The summed E-state index contributed by atoms with van der Waals surface area (Å²) in [6, 6.07) is 11.2. The Morgan fingerprint density at radius 3 is 1.89 bits per heavy atom. The van der Waals surface area contributed by atoms with E-state index in [9.17, 15) is 14.7 Å². The van der Waals surface area contributed by atoms with E-state index < -0.39 is 23.5 Å². The van der Waals surface area contributed by atoms with Crippen LogP contribution >= 0.6 is 0 Å². The van der Waals surface area contributed by atoms with Crippen LogP contribution in [0.1, 0.15) is 106 Å². The molecule has 2 rings (SSSR count). The van der Waals surface area contributed by atoms with Gasteiger partial charge in [0.15, 0.2) is 0 Å². The third-order valence-corrected chi connectivity index (χ3v) is 7.88. The number of carbonyl (C=O) groups excluding carboxylic acids is 1. The number of carboxylic acids is 1. The van der Waals surface area contributed by atoms with Crippen molar-refractivity contribution in [3.8, 4) is 11.8 Å². The van der Waals surface area contributed by atoms with Gasteiger partial charge in [-0.1, -0.05) is 77.6 Å². The molecule has 200 valence electrons. The van der Waals surface area contributed by atoms with Gasteiger partial charge in [0.05, 0.1) is 0 Å². The van der Waals surface area contributed by atoms with E-state index in [-0.39, 0.29) is 10.8 Å². The molecular weight excluding hydrogens is 462 g/mol. The fourth-order valence-corrected chi connectivity index (χ4v) is 4.86. The van der Waals surface area contributed by atoms with E-state index in [1.165, 1.54) is 12.5 Å². The molecular formula is C32H43NO4. The highest BCUT2D eigenvalue weighted by atomic mass is 16.4. The normalized spacial score (nSPS) is 14.2. The highest BCUT2D eigenvalue weighted by molar-refractivity contribution is 5.97. The van der Waals surface area contributed by atoms with E-state index >= 15 is 0 Å². The van der Waals surface area contributed by atoms with Gasteiger partial charge < -0.3 is 15.5 Å². The van der Waals surface area contributed by atoms with Crippen LogP contribution in [0.5, 0.6) is 0 Å². The third-order valence-electron chi connectivity index (χ3n) is 7.88. The fraction of sp³-hybridized carbons (Fsp3) is 0.500. The summed E-state index contributed by atoms with van der Waals surface area (Å²) in [4.78, 5) is 23.8. The van der Waals surface area contributed by atoms with E-state index in [1.807, 2.05) is 59.7 Å². The van der Waals surface area contributed by atoms with Crippen LogP contribution in [0.3, 0.4) is 0 Å². The van der Waals surface area contributed by atoms with Crippen molar-refractivity contribution in [3.63, 3.8) is 0 Å². The van der Waals surface area contributed by atoms with Gasteiger partial charge in [0.1, 0.15) is 11.6 Å². The molecule has 0 aromatic heterocycles. The molecule has 0 spiro atoms. The van der Waals surface area contributed by atoms with Gasteiger partial charge in [0.2, 0.25) is 0 Å². The summed E-state index contributed by atoms with van der Waals surface area (Å²) in [5.74, 6) is 4.91. The van der Waals surface area contributed by atoms with Gasteiger partial charge in [0.25, 0.3) is 5.91 Å². The number of aryl methyl sites for hydroxylation is 2. The molecule has 2 unspecified atom stereocenters. The molecule has 2 aromatic carbocycles. The molecule has 0 aliphatic heterocycles. The maximum Gasteiger partial charge on any atom is 0.325 e. The second-order valence-electron chi connectivity index (χ2n) is 11.1. The van der Waals surface area contributed by atoms with Gasteiger partial charge in [-0.2, -0.15) is 0 Å². The van der Waals surface area contributed by atoms with E-state index in [4.69, 9.17) is 5.11 Å². The Morgan fingerprint density at radius 2 is 1.46 bits per heavy atom. The molecule has 5 heteroatoms. The van der Waals surface area contributed by atoms with Gasteiger partial charge in [-0.15, -0.1) is 0 Å². The van der Waals surface area contributed by atoms with Crippen molar-refractivity contribution in [1.82, 2.24) is 5.32 Å². The van der Waals surface area contributed by atoms with Gasteiger partial charge >= 0.3 is 5.97 Å². The van der Waals surface area contributed by atoms with Crippen molar-refractivity contribution in [1.29, 1.82) is 0 Å². The number of hydrogen-bond acceptors (Lipinski definition) is 3. The Kier molecular flexibility index (Phi) is 9.38. The molecule has 1 amide bonds. The Labute approximate surface area is 222 Å². The minimum Gasteiger partial charge on any atom is -0.480 e. The molecule has 2 aromatic rings. The van der Waals surface area contributed by atoms with Crippen LogP contribution in [0.4, 0.5) is 0 Å². The van der Waals surface area contributed by atoms with Gasteiger partial charge in [-0.05, 0) is 74.4 Å². The lowest BCUT2D eigenvalue weighted by molar-refractivity contribution is -0.138. The zero-order valence-corrected chi connectivity index (χ0v) is 23.9. The lowest BCUT2D eigenvalue weighted by Gasteiger charge is -2.35. The standard InChI is InChI=1S/C32H43NO4/c1-10-31(11-2,26-15-16-27(22(5)20-26)28(34)33-23(6)29(35)36)25-14-13-24(21(4)19-25)17-18-32(37,12-3)30(7,8)9/h13-16,19-20,23,37H,10-12H2,1-9H3,(H,33,34)(H,35,36). The van der Waals surface area contributed by atoms with Crippen molar-refractivity contribution in [3.05, 3.63) is 69.8 Å². The molecule has 0 aliphatic carbocycles. The van der Waals surface area contributed by atoms with Crippen molar-refractivity contribution < 1.29 is 19.8 Å². The molecule has 3 N–H and O–H groups in total. The maximum atomic E-state index is 12.6. The summed E-state index contributed by atoms with van der Waals surface area (Å²) in [5, 5.41) is 22.7. The van der Waals surface area contributed by atoms with Crippen LogP contribution < -0.4 is 5.32 Å². The van der Waals surface area contributed by atoms with Gasteiger partial charge in [-0.3, -0.25) is 9.59 Å². The zero-order chi connectivity index (χ0) is 28.2. The van der Waals surface area contributed by atoms with Crippen molar-refractivity contribution in [2.45, 2.75) is 98.6 Å². The van der Waals surface area contributed by atoms with E-state index in [0.29, 0.717) is 12.0 Å². The number of hydrogen-bond donors (Lipinski definition) is 3. The molecule has 0 bridgehead atoms. The molecule has 0 saturated carbocycles. The molecule has 0 heterocycles. The van der Waals surface area contributed by atoms with Crippen LogP contribution in [0, 0.1) is 31.1 Å². The van der Waals surface area contributed by atoms with Crippen molar-refractivity contribution >= 4 is 11.9 Å². The van der Waals surface area contributed by atoms with Crippen LogP contribution in [-0.2, 0) is 10.2 Å². The summed E-state index contributed by atoms with van der Waals surface area (Å²) < 4.78 is 0. The minimum absolute atomic E-state index is 0.250. The van der Waals surface area contributed by atoms with E-state index in [2.05, 4.69) is 43.1 Å². The van der Waals surface area contributed by atoms with Crippen LogP contribution in [0.15, 0.2) is 36.4 Å². The molecule has 0 radical (unpaired) electrons. The largest absolute Gasteiger partial charge is 0.480 e. The van der Waals surface area contributed by atoms with Crippen LogP contribution in [-0.4, -0.2) is 33.7 Å². The fourth-order valence-electron chi connectivity index (χ4n) is 4.86. The Balaban J connectivity index is 2.49. The monoisotopic (exact) mass is 505 g/mol. The number of benzene rings is 2. The summed E-state index contributed by atoms with van der Waals surface area (Å²) in [5.41, 5.74) is 3.86. The first-order chi connectivity index (χ1) is 17.2. The van der Waals surface area contributed by atoms with E-state index in [1.54, 1.807) is 6.07 Å². The first-order valence-corrected chi connectivity index (χ1v) is 13.2. The third kappa shape index (κ3) is 6.25. The van der Waals surface area contributed by atoms with Gasteiger partial charge in [0, 0.05) is 22.0 Å². The average molecular weight is 506 g/mol. The maximum absolute atomic E-state index is 12.6. The summed E-state index contributed by atoms with van der Waals surface area (Å²) in [7, 11) is 0. The molecule has 0 aliphatic rings. The number of aliphatic carboxylic acids is 1. The quantitative estimate of drug-likeness (QED) is 0.376. The van der Waals surface area contributed by atoms with Crippen molar-refractivity contribution in [2.24, 2.45) is 5.41 Å². The zero-order valence-electron chi connectivity index (χ0n) is 23.9. The second-order valence-corrected chi connectivity index (χ2v) is 11.1. The number of carbonyl (C=O) groups is 2. The first-order valence-electron chi connectivity index (χ1n) is 13.2. The molecule has 0 saturated heterocycles. The van der Waals surface area contributed by atoms with Crippen LogP contribution in [0.2, 0.25) is 0 Å². The highest BCUT2D eigenvalue weighted by Crippen LogP contribution is 2.40. The first kappa shape index (κ1) is 30.1. The Bertz CT molecular complexity index is 1210. The molecule has 2 atom stereocenters. The lowest BCUT2D eigenvalue weighted by atomic mass is 9.69. The lowest BCUT2D eigenvalue weighted by Crippen LogP contribution is -2.40. The summed E-state index contributed by atoms with van der Waals surface area (Å²) >= 11 is 0. The predicted octanol–water partition coefficient (Wildman–Crippen LogP) is 6.15.